The van der Waals surface area contributed by atoms with E-state index in [1.165, 1.54) is 7.05 Å². The van der Waals surface area contributed by atoms with Gasteiger partial charge in [0.25, 0.3) is 5.91 Å². The van der Waals surface area contributed by atoms with E-state index in [9.17, 15) is 14.4 Å². The van der Waals surface area contributed by atoms with Crippen LogP contribution in [0.5, 0.6) is 0 Å². The summed E-state index contributed by atoms with van der Waals surface area (Å²) in [5.74, 6) is -1.57. The Morgan fingerprint density at radius 2 is 1.79 bits per heavy atom. The molecular weight excluding hydrogens is 459 g/mol. The zero-order valence-electron chi connectivity index (χ0n) is 15.3. The Bertz CT molecular complexity index is 911. The van der Waals surface area contributed by atoms with Gasteiger partial charge in [-0.05, 0) is 30.3 Å². The van der Waals surface area contributed by atoms with Crippen LogP contribution in [0.1, 0.15) is 0 Å². The highest BCUT2D eigenvalue weighted by molar-refractivity contribution is 8.00. The molecule has 0 atom stereocenters. The number of thioether (sulfide) groups is 1. The predicted molar refractivity (Wildman–Crippen MR) is 116 cm³/mol. The van der Waals surface area contributed by atoms with Crippen molar-refractivity contribution in [2.75, 3.05) is 31.3 Å². The van der Waals surface area contributed by atoms with Crippen molar-refractivity contribution in [3.8, 4) is 0 Å². The van der Waals surface area contributed by atoms with Crippen LogP contribution in [0.2, 0.25) is 15.1 Å². The number of halogens is 3. The minimum Gasteiger partial charge on any atom is -0.455 e. The van der Waals surface area contributed by atoms with Gasteiger partial charge < -0.3 is 15.0 Å². The van der Waals surface area contributed by atoms with Gasteiger partial charge in [0, 0.05) is 17.0 Å². The van der Waals surface area contributed by atoms with Crippen molar-refractivity contribution >= 4 is 70.0 Å². The fourth-order valence-electron chi connectivity index (χ4n) is 2.07. The van der Waals surface area contributed by atoms with E-state index in [4.69, 9.17) is 39.5 Å². The molecule has 0 unspecified atom stereocenters. The number of nitrogens with one attached hydrogen (secondary N) is 1. The van der Waals surface area contributed by atoms with Gasteiger partial charge >= 0.3 is 5.97 Å². The first kappa shape index (κ1) is 23.3. The second-order valence-corrected chi connectivity index (χ2v) is 8.07. The van der Waals surface area contributed by atoms with Gasteiger partial charge in [0.15, 0.2) is 6.61 Å². The molecule has 29 heavy (non-hydrogen) atoms. The maximum Gasteiger partial charge on any atom is 0.316 e. The van der Waals surface area contributed by atoms with Crippen LogP contribution in [0, 0.1) is 0 Å². The van der Waals surface area contributed by atoms with E-state index in [1.54, 1.807) is 42.5 Å². The molecule has 0 bridgehead atoms. The molecule has 154 valence electrons. The van der Waals surface area contributed by atoms with Crippen LogP contribution in [0.25, 0.3) is 0 Å². The molecule has 0 heterocycles. The Balaban J connectivity index is 1.74. The molecule has 0 saturated heterocycles. The fraction of sp³-hybridized carbons (Fsp3) is 0.211. The average molecular weight is 476 g/mol. The minimum absolute atomic E-state index is 0.0376. The standard InChI is InChI=1S/C19H17Cl3N2O4S/c1-24(9-17(25)23-15-5-3-2-4-13(15)21)18(26)10-28-19(27)11-29-16-8-12(20)6-7-14(16)22/h2-8H,9-11H2,1H3,(H,23,25). The summed E-state index contributed by atoms with van der Waals surface area (Å²) in [7, 11) is 1.43. The second-order valence-electron chi connectivity index (χ2n) is 5.80. The first-order chi connectivity index (χ1) is 13.8. The molecule has 0 aromatic heterocycles. The van der Waals surface area contributed by atoms with Gasteiger partial charge in [0.05, 0.1) is 28.0 Å². The summed E-state index contributed by atoms with van der Waals surface area (Å²) in [5, 5.41) is 3.96. The Morgan fingerprint density at radius 1 is 1.07 bits per heavy atom. The number of amides is 2. The van der Waals surface area contributed by atoms with Crippen LogP contribution in [0.4, 0.5) is 5.69 Å². The highest BCUT2D eigenvalue weighted by atomic mass is 35.5. The Hall–Kier alpha value is -1.93. The number of carbonyl (C=O) groups excluding carboxylic acids is 3. The predicted octanol–water partition coefficient (Wildman–Crippen LogP) is 4.38. The normalized spacial score (nSPS) is 10.3. The lowest BCUT2D eigenvalue weighted by Crippen LogP contribution is -2.37. The third-order valence-corrected chi connectivity index (χ3v) is 5.59. The molecule has 0 aliphatic rings. The lowest BCUT2D eigenvalue weighted by atomic mass is 10.3. The van der Waals surface area contributed by atoms with E-state index in [0.717, 1.165) is 16.7 Å². The summed E-state index contributed by atoms with van der Waals surface area (Å²) in [6.07, 6.45) is 0. The van der Waals surface area contributed by atoms with Gasteiger partial charge in [0.2, 0.25) is 5.91 Å². The third kappa shape index (κ3) is 7.78. The van der Waals surface area contributed by atoms with Gasteiger partial charge in [-0.15, -0.1) is 11.8 Å². The summed E-state index contributed by atoms with van der Waals surface area (Å²) in [5.41, 5.74) is 0.447. The third-order valence-electron chi connectivity index (χ3n) is 3.55. The first-order valence-electron chi connectivity index (χ1n) is 8.28. The van der Waals surface area contributed by atoms with Crippen molar-refractivity contribution < 1.29 is 19.1 Å². The van der Waals surface area contributed by atoms with E-state index in [-0.39, 0.29) is 12.3 Å². The Morgan fingerprint density at radius 3 is 2.52 bits per heavy atom. The first-order valence-corrected chi connectivity index (χ1v) is 10.4. The number of benzene rings is 2. The number of hydrogen-bond acceptors (Lipinski definition) is 5. The Kier molecular flexibility index (Phi) is 9.10. The molecule has 0 saturated carbocycles. The number of likely N-dealkylation sites (N-methyl/N-ethyl adjacent to an activating group) is 1. The van der Waals surface area contributed by atoms with Crippen molar-refractivity contribution in [3.63, 3.8) is 0 Å². The Labute approximate surface area is 187 Å². The molecular formula is C19H17Cl3N2O4S. The minimum atomic E-state index is -0.590. The largest absolute Gasteiger partial charge is 0.455 e. The molecule has 0 fully saturated rings. The van der Waals surface area contributed by atoms with Crippen molar-refractivity contribution in [1.82, 2.24) is 4.90 Å². The topological polar surface area (TPSA) is 75.7 Å². The maximum absolute atomic E-state index is 12.1. The molecule has 2 aromatic carbocycles. The number of esters is 1. The summed E-state index contributed by atoms with van der Waals surface area (Å²) in [4.78, 5) is 37.8. The van der Waals surface area contributed by atoms with E-state index in [1.807, 2.05) is 0 Å². The SMILES string of the molecule is CN(CC(=O)Nc1ccccc1Cl)C(=O)COC(=O)CSc1cc(Cl)ccc1Cl. The van der Waals surface area contributed by atoms with Crippen LogP contribution in [-0.2, 0) is 19.1 Å². The maximum atomic E-state index is 12.1. The number of para-hydroxylation sites is 1. The zero-order valence-corrected chi connectivity index (χ0v) is 18.4. The van der Waals surface area contributed by atoms with E-state index < -0.39 is 24.4 Å². The van der Waals surface area contributed by atoms with E-state index >= 15 is 0 Å². The number of hydrogen-bond donors (Lipinski definition) is 1. The quantitative estimate of drug-likeness (QED) is 0.453. The smallest absolute Gasteiger partial charge is 0.316 e. The van der Waals surface area contributed by atoms with Crippen LogP contribution in [-0.4, -0.2) is 48.6 Å². The molecule has 6 nitrogen and oxygen atoms in total. The summed E-state index contributed by atoms with van der Waals surface area (Å²) < 4.78 is 4.96. The number of carbonyl (C=O) groups is 3. The summed E-state index contributed by atoms with van der Waals surface area (Å²) in [6.45, 7) is -0.687. The molecule has 1 N–H and O–H groups in total. The van der Waals surface area contributed by atoms with E-state index in [0.29, 0.717) is 25.7 Å². The van der Waals surface area contributed by atoms with Crippen molar-refractivity contribution in [2.45, 2.75) is 4.90 Å². The fourth-order valence-corrected chi connectivity index (χ4v) is 3.55. The van der Waals surface area contributed by atoms with Crippen LogP contribution >= 0.6 is 46.6 Å². The van der Waals surface area contributed by atoms with Gasteiger partial charge in [-0.1, -0.05) is 46.9 Å². The summed E-state index contributed by atoms with van der Waals surface area (Å²) in [6, 6.07) is 11.7. The molecule has 10 heteroatoms. The van der Waals surface area contributed by atoms with Crippen molar-refractivity contribution in [2.24, 2.45) is 0 Å². The number of nitrogens with zero attached hydrogens (tertiary/aromatic N) is 1. The average Bonchev–Trinajstić information content (AvgIpc) is 2.68. The van der Waals surface area contributed by atoms with Crippen LogP contribution in [0.15, 0.2) is 47.4 Å². The molecule has 0 spiro atoms. The van der Waals surface area contributed by atoms with Gasteiger partial charge in [0.1, 0.15) is 0 Å². The van der Waals surface area contributed by atoms with E-state index in [2.05, 4.69) is 5.32 Å². The van der Waals surface area contributed by atoms with Gasteiger partial charge in [-0.25, -0.2) is 0 Å². The molecule has 0 aliphatic heterocycles. The summed E-state index contributed by atoms with van der Waals surface area (Å²) >= 11 is 19.0. The number of ether oxygens (including phenoxy) is 1. The number of anilines is 1. The molecule has 0 aliphatic carbocycles. The lowest BCUT2D eigenvalue weighted by molar-refractivity contribution is -0.149. The van der Waals surface area contributed by atoms with Crippen molar-refractivity contribution in [3.05, 3.63) is 57.5 Å². The van der Waals surface area contributed by atoms with Crippen LogP contribution < -0.4 is 5.32 Å². The highest BCUT2D eigenvalue weighted by Gasteiger charge is 2.16. The highest BCUT2D eigenvalue weighted by Crippen LogP contribution is 2.29. The molecule has 2 amide bonds. The number of rotatable bonds is 8. The van der Waals surface area contributed by atoms with Gasteiger partial charge in [-0.2, -0.15) is 0 Å². The monoisotopic (exact) mass is 474 g/mol. The second kappa shape index (κ2) is 11.3. The van der Waals surface area contributed by atoms with Gasteiger partial charge in [-0.3, -0.25) is 14.4 Å². The lowest BCUT2D eigenvalue weighted by Gasteiger charge is -2.17. The molecule has 2 aromatic rings. The molecule has 0 radical (unpaired) electrons. The molecule has 2 rings (SSSR count). The van der Waals surface area contributed by atoms with Crippen LogP contribution in [0.3, 0.4) is 0 Å². The van der Waals surface area contributed by atoms with Crippen molar-refractivity contribution in [1.29, 1.82) is 0 Å². The zero-order chi connectivity index (χ0) is 21.4.